The zero-order valence-corrected chi connectivity index (χ0v) is 14.1. The van der Waals surface area contributed by atoms with Crippen LogP contribution in [0.5, 0.6) is 0 Å². The molecule has 1 aromatic carbocycles. The first-order valence-corrected chi connectivity index (χ1v) is 8.45. The normalized spacial score (nSPS) is 28.7. The van der Waals surface area contributed by atoms with Crippen LogP contribution < -0.4 is 11.1 Å². The van der Waals surface area contributed by atoms with Gasteiger partial charge in [0.05, 0.1) is 0 Å². The molecule has 0 bridgehead atoms. The number of carbonyl (C=O) groups is 3. The summed E-state index contributed by atoms with van der Waals surface area (Å²) in [7, 11) is 0. The highest BCUT2D eigenvalue weighted by atomic mass is 32.2. The lowest BCUT2D eigenvalue weighted by molar-refractivity contribution is -0.161. The van der Waals surface area contributed by atoms with Crippen LogP contribution in [0, 0.1) is 0 Å². The molecule has 4 N–H and O–H groups in total. The Hall–Kier alpha value is -2.06. The fraction of sp³-hybridized carbons (Fsp3) is 0.438. The van der Waals surface area contributed by atoms with Crippen LogP contribution in [-0.2, 0) is 14.4 Å². The second kappa shape index (κ2) is 5.78. The minimum atomic E-state index is -1.03. The molecule has 0 aromatic heterocycles. The molecule has 24 heavy (non-hydrogen) atoms. The number of nitrogens with two attached hydrogens (primary N) is 1. The Morgan fingerprint density at radius 2 is 1.96 bits per heavy atom. The average Bonchev–Trinajstić information content (AvgIpc) is 2.80. The summed E-state index contributed by atoms with van der Waals surface area (Å²) >= 11 is 1.38. The number of thioether (sulfide) groups is 1. The lowest BCUT2D eigenvalue weighted by Crippen LogP contribution is -2.71. The van der Waals surface area contributed by atoms with Gasteiger partial charge in [-0.15, -0.1) is 11.8 Å². The lowest BCUT2D eigenvalue weighted by atomic mass is 9.95. The van der Waals surface area contributed by atoms with Gasteiger partial charge in [0.25, 0.3) is 0 Å². The van der Waals surface area contributed by atoms with Crippen molar-refractivity contribution < 1.29 is 19.5 Å². The second-order valence-electron chi connectivity index (χ2n) is 6.47. The van der Waals surface area contributed by atoms with Crippen molar-refractivity contribution in [2.45, 2.75) is 42.1 Å². The monoisotopic (exact) mass is 349 g/mol. The standard InChI is InChI=1S/C16H19N3O4S/c1-16(2)11(15(22)23)19-13(21)10(14(19)24-16)18-12(20)9(17)8-6-4-3-5-7-8/h3-7,9-11,14H,17H2,1-2H3,(H,18,20)(H,22,23)/t9?,10-,11?,14-/m0/s1. The van der Waals surface area contributed by atoms with E-state index in [-0.39, 0.29) is 11.3 Å². The number of benzene rings is 1. The highest BCUT2D eigenvalue weighted by Crippen LogP contribution is 2.50. The Labute approximate surface area is 143 Å². The number of hydrogen-bond donors (Lipinski definition) is 3. The number of nitrogens with zero attached hydrogens (tertiary/aromatic N) is 1. The van der Waals surface area contributed by atoms with Crippen LogP contribution in [0.3, 0.4) is 0 Å². The molecule has 0 aliphatic carbocycles. The largest absolute Gasteiger partial charge is 0.480 e. The van der Waals surface area contributed by atoms with Gasteiger partial charge in [0.1, 0.15) is 23.5 Å². The number of amides is 2. The first-order chi connectivity index (χ1) is 11.2. The van der Waals surface area contributed by atoms with Gasteiger partial charge in [-0.3, -0.25) is 9.59 Å². The number of rotatable bonds is 4. The summed E-state index contributed by atoms with van der Waals surface area (Å²) < 4.78 is -0.618. The van der Waals surface area contributed by atoms with Crippen molar-refractivity contribution in [3.05, 3.63) is 35.9 Å². The lowest BCUT2D eigenvalue weighted by Gasteiger charge is -2.43. The Morgan fingerprint density at radius 1 is 1.33 bits per heavy atom. The smallest absolute Gasteiger partial charge is 0.327 e. The van der Waals surface area contributed by atoms with Crippen molar-refractivity contribution in [2.24, 2.45) is 5.73 Å². The Bertz CT molecular complexity index is 694. The van der Waals surface area contributed by atoms with Crippen LogP contribution >= 0.6 is 11.8 Å². The fourth-order valence-electron chi connectivity index (χ4n) is 3.20. The van der Waals surface area contributed by atoms with Gasteiger partial charge in [0.15, 0.2) is 0 Å². The van der Waals surface area contributed by atoms with Crippen molar-refractivity contribution in [3.8, 4) is 0 Å². The van der Waals surface area contributed by atoms with Gasteiger partial charge in [-0.05, 0) is 19.4 Å². The number of carbonyl (C=O) groups excluding carboxylic acids is 2. The molecule has 7 nitrogen and oxygen atoms in total. The molecule has 128 valence electrons. The average molecular weight is 349 g/mol. The van der Waals surface area contributed by atoms with E-state index in [1.807, 2.05) is 6.07 Å². The number of fused-ring (bicyclic) bond motifs is 1. The maximum Gasteiger partial charge on any atom is 0.327 e. The van der Waals surface area contributed by atoms with E-state index in [9.17, 15) is 19.5 Å². The van der Waals surface area contributed by atoms with Crippen LogP contribution in [0.25, 0.3) is 0 Å². The minimum Gasteiger partial charge on any atom is -0.480 e. The molecule has 2 aliphatic rings. The SMILES string of the molecule is CC1(C)S[C@H]2[C@@H](NC(=O)C(N)c3ccccc3)C(=O)N2C1C(=O)O. The molecule has 2 fully saturated rings. The number of aliphatic carboxylic acids is 1. The molecular weight excluding hydrogens is 330 g/mol. The zero-order valence-electron chi connectivity index (χ0n) is 13.3. The van der Waals surface area contributed by atoms with Crippen LogP contribution in [0.15, 0.2) is 30.3 Å². The molecule has 2 heterocycles. The number of carboxylic acids is 1. The molecule has 1 aromatic rings. The summed E-state index contributed by atoms with van der Waals surface area (Å²) in [6.07, 6.45) is 0. The predicted molar refractivity (Wildman–Crippen MR) is 89.0 cm³/mol. The molecule has 0 saturated carbocycles. The summed E-state index contributed by atoms with van der Waals surface area (Å²) in [6, 6.07) is 6.38. The van der Waals surface area contributed by atoms with Gasteiger partial charge in [-0.2, -0.15) is 0 Å². The first-order valence-electron chi connectivity index (χ1n) is 7.58. The number of hydrogen-bond acceptors (Lipinski definition) is 5. The highest BCUT2D eigenvalue weighted by molar-refractivity contribution is 8.01. The van der Waals surface area contributed by atoms with E-state index in [0.29, 0.717) is 5.56 Å². The van der Waals surface area contributed by atoms with Gasteiger partial charge >= 0.3 is 5.97 Å². The van der Waals surface area contributed by atoms with Gasteiger partial charge in [0, 0.05) is 4.75 Å². The van der Waals surface area contributed by atoms with Crippen molar-refractivity contribution in [2.75, 3.05) is 0 Å². The van der Waals surface area contributed by atoms with E-state index in [0.717, 1.165) is 0 Å². The van der Waals surface area contributed by atoms with Crippen molar-refractivity contribution >= 4 is 29.5 Å². The summed E-state index contributed by atoms with van der Waals surface area (Å²) in [5.74, 6) is -1.86. The topological polar surface area (TPSA) is 113 Å². The number of β-lactam (4-membered cyclic amide) rings is 1. The van der Waals surface area contributed by atoms with Crippen LogP contribution in [-0.4, -0.2) is 50.0 Å². The molecule has 2 saturated heterocycles. The summed E-state index contributed by atoms with van der Waals surface area (Å²) in [6.45, 7) is 3.58. The van der Waals surface area contributed by atoms with Crippen LogP contribution in [0.2, 0.25) is 0 Å². The second-order valence-corrected chi connectivity index (χ2v) is 8.24. The highest BCUT2D eigenvalue weighted by Gasteiger charge is 2.64. The quantitative estimate of drug-likeness (QED) is 0.675. The third-order valence-electron chi connectivity index (χ3n) is 4.41. The molecule has 3 rings (SSSR count). The number of nitrogens with one attached hydrogen (secondary N) is 1. The molecule has 2 unspecified atom stereocenters. The van der Waals surface area contributed by atoms with Gasteiger partial charge in [-0.1, -0.05) is 30.3 Å². The molecular formula is C16H19N3O4S. The number of carboxylic acid groups (broad SMARTS) is 1. The molecule has 2 amide bonds. The minimum absolute atomic E-state index is 0.375. The summed E-state index contributed by atoms with van der Waals surface area (Å²) in [5, 5.41) is 11.7. The van der Waals surface area contributed by atoms with E-state index in [1.165, 1.54) is 16.7 Å². The van der Waals surface area contributed by atoms with Crippen molar-refractivity contribution in [1.82, 2.24) is 10.2 Å². The fourth-order valence-corrected chi connectivity index (χ4v) is 4.83. The van der Waals surface area contributed by atoms with E-state index in [4.69, 9.17) is 5.73 Å². The summed E-state index contributed by atoms with van der Waals surface area (Å²) in [4.78, 5) is 37.5. The van der Waals surface area contributed by atoms with Crippen molar-refractivity contribution in [3.63, 3.8) is 0 Å². The van der Waals surface area contributed by atoms with Crippen molar-refractivity contribution in [1.29, 1.82) is 0 Å². The van der Waals surface area contributed by atoms with Crippen LogP contribution in [0.4, 0.5) is 0 Å². The predicted octanol–water partition coefficient (Wildman–Crippen LogP) is 0.318. The first kappa shape index (κ1) is 16.8. The molecule has 0 spiro atoms. The van der Waals surface area contributed by atoms with E-state index in [1.54, 1.807) is 38.1 Å². The molecule has 4 atom stereocenters. The summed E-state index contributed by atoms with van der Waals surface area (Å²) in [5.41, 5.74) is 6.59. The zero-order chi connectivity index (χ0) is 17.6. The third kappa shape index (κ3) is 2.55. The molecule has 2 aliphatic heterocycles. The Balaban J connectivity index is 1.71. The Morgan fingerprint density at radius 3 is 2.54 bits per heavy atom. The van der Waals surface area contributed by atoms with Crippen LogP contribution in [0.1, 0.15) is 25.5 Å². The maximum atomic E-state index is 12.3. The van der Waals surface area contributed by atoms with E-state index >= 15 is 0 Å². The molecule has 8 heteroatoms. The Kier molecular flexibility index (Phi) is 4.05. The third-order valence-corrected chi connectivity index (χ3v) is 5.99. The maximum absolute atomic E-state index is 12.3. The van der Waals surface area contributed by atoms with E-state index in [2.05, 4.69) is 5.32 Å². The van der Waals surface area contributed by atoms with Gasteiger partial charge < -0.3 is 21.1 Å². The van der Waals surface area contributed by atoms with Gasteiger partial charge in [-0.25, -0.2) is 4.79 Å². The molecule has 0 radical (unpaired) electrons. The van der Waals surface area contributed by atoms with Gasteiger partial charge in [0.2, 0.25) is 11.8 Å². The van der Waals surface area contributed by atoms with E-state index < -0.39 is 34.7 Å².